The molecule has 7 heteroatoms. The van der Waals surface area contributed by atoms with E-state index in [1.54, 1.807) is 24.1 Å². The average molecular weight is 467 g/mol. The third kappa shape index (κ3) is 5.08. The van der Waals surface area contributed by atoms with Gasteiger partial charge in [-0.3, -0.25) is 14.4 Å². The van der Waals surface area contributed by atoms with Gasteiger partial charge in [-0.05, 0) is 44.0 Å². The number of rotatable bonds is 7. The Balaban J connectivity index is 1.56. The Morgan fingerprint density at radius 2 is 1.76 bits per heavy atom. The second kappa shape index (κ2) is 10.4. The zero-order chi connectivity index (χ0) is 23.4. The maximum atomic E-state index is 13.5. The van der Waals surface area contributed by atoms with E-state index in [4.69, 9.17) is 4.74 Å². The SMILES string of the molecule is COc1ccccc1SCC(=O)N(C1CCCCC1)C1CC(=O)N(c2ccc(C)cc2)C1=O. The van der Waals surface area contributed by atoms with Crippen LogP contribution in [-0.4, -0.2) is 47.6 Å². The number of benzene rings is 2. The largest absolute Gasteiger partial charge is 0.496 e. The summed E-state index contributed by atoms with van der Waals surface area (Å²) in [5.41, 5.74) is 1.62. The molecule has 1 aliphatic carbocycles. The standard InChI is InChI=1S/C26H30N2O4S/c1-18-12-14-20(15-13-18)28-24(29)16-21(26(28)31)27(19-8-4-3-5-9-19)25(30)17-33-23-11-7-6-10-22(23)32-2/h6-7,10-15,19,21H,3-5,8-9,16-17H2,1-2H3. The Kier molecular flexibility index (Phi) is 7.38. The Labute approximate surface area is 199 Å². The molecule has 2 aromatic rings. The number of hydrogen-bond acceptors (Lipinski definition) is 5. The minimum absolute atomic E-state index is 0.00997. The van der Waals surface area contributed by atoms with Gasteiger partial charge in [-0.1, -0.05) is 49.1 Å². The van der Waals surface area contributed by atoms with Gasteiger partial charge in [0.25, 0.3) is 5.91 Å². The lowest BCUT2D eigenvalue weighted by atomic mass is 9.92. The summed E-state index contributed by atoms with van der Waals surface area (Å²) in [7, 11) is 1.61. The Morgan fingerprint density at radius 1 is 1.06 bits per heavy atom. The first-order valence-corrected chi connectivity index (χ1v) is 12.5. The van der Waals surface area contributed by atoms with Gasteiger partial charge in [0.05, 0.1) is 25.0 Å². The van der Waals surface area contributed by atoms with Crippen molar-refractivity contribution in [3.63, 3.8) is 0 Å². The summed E-state index contributed by atoms with van der Waals surface area (Å²) in [6, 6.07) is 14.2. The molecule has 1 saturated carbocycles. The molecule has 2 aliphatic rings. The highest BCUT2D eigenvalue weighted by molar-refractivity contribution is 8.00. The van der Waals surface area contributed by atoms with Crippen LogP contribution in [0.15, 0.2) is 53.4 Å². The number of para-hydroxylation sites is 1. The summed E-state index contributed by atoms with van der Waals surface area (Å²) < 4.78 is 5.41. The number of hydrogen-bond donors (Lipinski definition) is 0. The van der Waals surface area contributed by atoms with Crippen LogP contribution >= 0.6 is 11.8 Å². The number of imide groups is 1. The first-order chi connectivity index (χ1) is 16.0. The molecule has 0 radical (unpaired) electrons. The molecule has 1 aliphatic heterocycles. The van der Waals surface area contributed by atoms with Crippen molar-refractivity contribution in [2.75, 3.05) is 17.8 Å². The predicted octanol–water partition coefficient (Wildman–Crippen LogP) is 4.59. The molecule has 1 atom stereocenters. The fourth-order valence-electron chi connectivity index (χ4n) is 4.74. The van der Waals surface area contributed by atoms with Gasteiger partial charge in [0.1, 0.15) is 11.8 Å². The molecular formula is C26H30N2O4S. The number of thioether (sulfide) groups is 1. The smallest absolute Gasteiger partial charge is 0.257 e. The molecule has 174 valence electrons. The Bertz CT molecular complexity index is 1020. The van der Waals surface area contributed by atoms with E-state index in [1.165, 1.54) is 16.7 Å². The first kappa shape index (κ1) is 23.4. The zero-order valence-electron chi connectivity index (χ0n) is 19.2. The highest BCUT2D eigenvalue weighted by atomic mass is 32.2. The molecule has 0 N–H and O–H groups in total. The summed E-state index contributed by atoms with van der Waals surface area (Å²) in [5, 5.41) is 0. The minimum atomic E-state index is -0.743. The van der Waals surface area contributed by atoms with E-state index < -0.39 is 6.04 Å². The van der Waals surface area contributed by atoms with Crippen LogP contribution in [0.3, 0.4) is 0 Å². The molecule has 1 unspecified atom stereocenters. The molecule has 2 fully saturated rings. The lowest BCUT2D eigenvalue weighted by molar-refractivity contribution is -0.139. The van der Waals surface area contributed by atoms with Crippen molar-refractivity contribution in [3.05, 3.63) is 54.1 Å². The zero-order valence-corrected chi connectivity index (χ0v) is 20.0. The van der Waals surface area contributed by atoms with Gasteiger partial charge in [0.15, 0.2) is 0 Å². The van der Waals surface area contributed by atoms with Gasteiger partial charge < -0.3 is 9.64 Å². The van der Waals surface area contributed by atoms with E-state index in [9.17, 15) is 14.4 Å². The van der Waals surface area contributed by atoms with Crippen LogP contribution in [0.2, 0.25) is 0 Å². The number of ether oxygens (including phenoxy) is 1. The number of anilines is 1. The van der Waals surface area contributed by atoms with Crippen molar-refractivity contribution in [1.29, 1.82) is 0 Å². The van der Waals surface area contributed by atoms with Crippen LogP contribution in [0.5, 0.6) is 5.75 Å². The monoisotopic (exact) mass is 466 g/mol. The summed E-state index contributed by atoms with van der Waals surface area (Å²) in [6.45, 7) is 1.96. The van der Waals surface area contributed by atoms with Gasteiger partial charge in [0.2, 0.25) is 11.8 Å². The third-order valence-corrected chi connectivity index (χ3v) is 7.47. The summed E-state index contributed by atoms with van der Waals surface area (Å²) >= 11 is 1.41. The number of methoxy groups -OCH3 is 1. The van der Waals surface area contributed by atoms with Gasteiger partial charge in [-0.2, -0.15) is 0 Å². The Morgan fingerprint density at radius 3 is 2.45 bits per heavy atom. The topological polar surface area (TPSA) is 66.9 Å². The van der Waals surface area contributed by atoms with Gasteiger partial charge in [-0.25, -0.2) is 4.90 Å². The number of carbonyl (C=O) groups is 3. The quantitative estimate of drug-likeness (QED) is 0.441. The second-order valence-corrected chi connectivity index (χ2v) is 9.67. The molecular weight excluding hydrogens is 436 g/mol. The molecule has 0 spiro atoms. The van der Waals surface area contributed by atoms with Crippen molar-refractivity contribution < 1.29 is 19.1 Å². The molecule has 33 heavy (non-hydrogen) atoms. The number of carbonyl (C=O) groups excluding carboxylic acids is 3. The fourth-order valence-corrected chi connectivity index (χ4v) is 5.64. The highest BCUT2D eigenvalue weighted by Gasteiger charge is 2.46. The predicted molar refractivity (Wildman–Crippen MR) is 130 cm³/mol. The molecule has 1 saturated heterocycles. The van der Waals surface area contributed by atoms with Gasteiger partial charge in [0, 0.05) is 10.9 Å². The lowest BCUT2D eigenvalue weighted by Crippen LogP contribution is -2.52. The molecule has 0 aromatic heterocycles. The summed E-state index contributed by atoms with van der Waals surface area (Å²) in [5.74, 6) is 0.260. The van der Waals surface area contributed by atoms with Crippen LogP contribution in [0.25, 0.3) is 0 Å². The molecule has 0 bridgehead atoms. The molecule has 2 aromatic carbocycles. The van der Waals surface area contributed by atoms with Crippen molar-refractivity contribution in [1.82, 2.24) is 4.90 Å². The van der Waals surface area contributed by atoms with Crippen molar-refractivity contribution >= 4 is 35.2 Å². The van der Waals surface area contributed by atoms with Crippen LogP contribution in [0, 0.1) is 6.92 Å². The third-order valence-electron chi connectivity index (χ3n) is 6.43. The lowest BCUT2D eigenvalue weighted by Gasteiger charge is -2.37. The maximum absolute atomic E-state index is 13.5. The summed E-state index contributed by atoms with van der Waals surface area (Å²) in [4.78, 5) is 43.7. The van der Waals surface area contributed by atoms with E-state index in [0.717, 1.165) is 48.3 Å². The Hall–Kier alpha value is -2.80. The van der Waals surface area contributed by atoms with E-state index >= 15 is 0 Å². The highest BCUT2D eigenvalue weighted by Crippen LogP contribution is 2.33. The first-order valence-electron chi connectivity index (χ1n) is 11.5. The molecule has 6 nitrogen and oxygen atoms in total. The number of aryl methyl sites for hydroxylation is 1. The second-order valence-electron chi connectivity index (χ2n) is 8.66. The van der Waals surface area contributed by atoms with Crippen LogP contribution in [0.1, 0.15) is 44.1 Å². The average Bonchev–Trinajstić information content (AvgIpc) is 3.12. The van der Waals surface area contributed by atoms with E-state index in [2.05, 4.69) is 0 Å². The van der Waals surface area contributed by atoms with Crippen LogP contribution < -0.4 is 9.64 Å². The number of amides is 3. The van der Waals surface area contributed by atoms with Crippen molar-refractivity contribution in [2.24, 2.45) is 0 Å². The summed E-state index contributed by atoms with van der Waals surface area (Å²) in [6.07, 6.45) is 4.98. The van der Waals surface area contributed by atoms with Crippen LogP contribution in [0.4, 0.5) is 5.69 Å². The molecule has 4 rings (SSSR count). The normalized spacial score (nSPS) is 19.1. The maximum Gasteiger partial charge on any atom is 0.257 e. The van der Waals surface area contributed by atoms with Crippen LogP contribution in [-0.2, 0) is 14.4 Å². The number of nitrogens with zero attached hydrogens (tertiary/aromatic N) is 2. The van der Waals surface area contributed by atoms with Gasteiger partial charge in [-0.15, -0.1) is 11.8 Å². The molecule has 1 heterocycles. The van der Waals surface area contributed by atoms with Gasteiger partial charge >= 0.3 is 0 Å². The van der Waals surface area contributed by atoms with E-state index in [-0.39, 0.29) is 35.9 Å². The minimum Gasteiger partial charge on any atom is -0.496 e. The van der Waals surface area contributed by atoms with E-state index in [1.807, 2.05) is 43.3 Å². The molecule has 3 amide bonds. The fraction of sp³-hybridized carbons (Fsp3) is 0.423. The van der Waals surface area contributed by atoms with Crippen molar-refractivity contribution in [3.8, 4) is 5.75 Å². The van der Waals surface area contributed by atoms with Crippen molar-refractivity contribution in [2.45, 2.75) is 62.4 Å². The van der Waals surface area contributed by atoms with E-state index in [0.29, 0.717) is 5.69 Å².